The molecule has 4 aliphatic carbocycles. The van der Waals surface area contributed by atoms with E-state index in [0.29, 0.717) is 12.0 Å². The van der Waals surface area contributed by atoms with Crippen LogP contribution in [0.4, 0.5) is 0 Å². The van der Waals surface area contributed by atoms with Crippen molar-refractivity contribution in [1.82, 2.24) is 0 Å². The molecule has 4 rings (SSSR count). The summed E-state index contributed by atoms with van der Waals surface area (Å²) in [5, 5.41) is 36.5. The summed E-state index contributed by atoms with van der Waals surface area (Å²) in [4.78, 5) is 26.5. The number of Topliss-reactive ketones (excluding diaryl/α,β-unsaturated/α-hetero) is 1. The number of carbonyl (C=O) groups is 2. The molecule has 2 fully saturated rings. The number of ether oxygens (including phenoxy) is 1. The molecule has 7 nitrogen and oxygen atoms in total. The molecule has 2 saturated carbocycles. The van der Waals surface area contributed by atoms with Crippen LogP contribution in [0.1, 0.15) is 75.2 Å². The van der Waals surface area contributed by atoms with Gasteiger partial charge in [0.2, 0.25) is 0 Å². The number of aliphatic hydroxyl groups is 3. The topological polar surface area (TPSA) is 113 Å². The largest absolute Gasteiger partial charge is 0.455 e. The number of ketones is 1. The van der Waals surface area contributed by atoms with Crippen molar-refractivity contribution in [2.24, 2.45) is 35.0 Å². The van der Waals surface area contributed by atoms with E-state index in [-0.39, 0.29) is 30.0 Å². The van der Waals surface area contributed by atoms with Gasteiger partial charge in [-0.25, -0.2) is 0 Å². The van der Waals surface area contributed by atoms with Gasteiger partial charge in [-0.15, -0.1) is 0 Å². The molecule has 0 amide bonds. The molecular formula is C31H50O7Si. The molecule has 39 heavy (non-hydrogen) atoms. The van der Waals surface area contributed by atoms with E-state index in [4.69, 9.17) is 9.16 Å². The molecule has 0 saturated heterocycles. The highest BCUT2D eigenvalue weighted by atomic mass is 28.4. The van der Waals surface area contributed by atoms with Gasteiger partial charge in [0.05, 0.1) is 24.2 Å². The lowest BCUT2D eigenvalue weighted by Crippen LogP contribution is -2.65. The monoisotopic (exact) mass is 562 g/mol. The summed E-state index contributed by atoms with van der Waals surface area (Å²) in [5.74, 6) is -3.72. The number of carbonyl (C=O) groups excluding carboxylic acids is 2. The minimum atomic E-state index is -2.16. The smallest absolute Gasteiger partial charge is 0.309 e. The summed E-state index contributed by atoms with van der Waals surface area (Å²) in [6.07, 6.45) is 3.17. The van der Waals surface area contributed by atoms with Crippen molar-refractivity contribution in [3.63, 3.8) is 0 Å². The normalized spacial score (nSPS) is 41.9. The van der Waals surface area contributed by atoms with E-state index in [1.54, 1.807) is 19.9 Å². The minimum absolute atomic E-state index is 0.0267. The zero-order valence-corrected chi connectivity index (χ0v) is 26.7. The van der Waals surface area contributed by atoms with Crippen molar-refractivity contribution in [2.45, 2.75) is 116 Å². The first-order valence-corrected chi connectivity index (χ1v) is 17.5. The van der Waals surface area contributed by atoms with E-state index < -0.39 is 66.1 Å². The zero-order chi connectivity index (χ0) is 29.7. The maximum Gasteiger partial charge on any atom is 0.309 e. The summed E-state index contributed by atoms with van der Waals surface area (Å²) < 4.78 is 12.8. The average Bonchev–Trinajstić information content (AvgIpc) is 3.26. The molecule has 8 heteroatoms. The van der Waals surface area contributed by atoms with Crippen molar-refractivity contribution in [3.05, 3.63) is 23.3 Å². The Balaban J connectivity index is 1.85. The van der Waals surface area contributed by atoms with Crippen molar-refractivity contribution in [3.8, 4) is 0 Å². The van der Waals surface area contributed by atoms with Crippen LogP contribution in [0.15, 0.2) is 23.3 Å². The summed E-state index contributed by atoms with van der Waals surface area (Å²) >= 11 is 0. The first kappa shape index (κ1) is 30.6. The molecule has 0 bridgehead atoms. The predicted octanol–water partition coefficient (Wildman–Crippen LogP) is 4.56. The van der Waals surface area contributed by atoms with E-state index in [0.717, 1.165) is 5.57 Å². The Hall–Kier alpha value is -1.32. The third kappa shape index (κ3) is 4.03. The van der Waals surface area contributed by atoms with E-state index in [2.05, 4.69) is 33.9 Å². The molecule has 0 radical (unpaired) electrons. The van der Waals surface area contributed by atoms with Crippen LogP contribution in [-0.4, -0.2) is 64.9 Å². The summed E-state index contributed by atoms with van der Waals surface area (Å²) in [5.41, 5.74) is -4.10. The molecule has 220 valence electrons. The predicted molar refractivity (Wildman–Crippen MR) is 152 cm³/mol. The van der Waals surface area contributed by atoms with Crippen LogP contribution >= 0.6 is 0 Å². The fourth-order valence-corrected chi connectivity index (χ4v) is 8.56. The Bertz CT molecular complexity index is 1120. The first-order chi connectivity index (χ1) is 17.6. The average molecular weight is 563 g/mol. The molecule has 1 unspecified atom stereocenters. The lowest BCUT2D eigenvalue weighted by Gasteiger charge is -2.52. The van der Waals surface area contributed by atoms with Gasteiger partial charge in [0, 0.05) is 35.5 Å². The van der Waals surface area contributed by atoms with Crippen LogP contribution in [0.25, 0.3) is 0 Å². The fourth-order valence-electron chi connectivity index (χ4n) is 7.58. The molecular weight excluding hydrogens is 512 g/mol. The summed E-state index contributed by atoms with van der Waals surface area (Å²) in [6, 6.07) is 0. The second-order valence-corrected chi connectivity index (χ2v) is 19.8. The number of rotatable bonds is 6. The van der Waals surface area contributed by atoms with Crippen molar-refractivity contribution in [2.75, 3.05) is 6.61 Å². The number of fused-ring (bicyclic) bond motifs is 5. The molecule has 0 aromatic rings. The standard InChI is InChI=1S/C31H50O7Si/c1-12-17(2)26(34)38-31-23(28(31,8)9)21-14-20(16-37-39(10,11)27(5,6)7)15-29(35)22(13-18(3)24(29)32)30(21,36)19(4)25(31)33/h13-14,17,19,21-23,25,33,35-36H,12,15-16H2,1-11H3/t17-,19+,21?,22+,23+,25+,29+,30+,31+/m0/s1. The van der Waals surface area contributed by atoms with Gasteiger partial charge < -0.3 is 24.5 Å². The molecule has 4 aliphatic rings. The number of hydrogen-bond acceptors (Lipinski definition) is 7. The Kier molecular flexibility index (Phi) is 7.14. The van der Waals surface area contributed by atoms with Crippen LogP contribution in [0.2, 0.25) is 18.1 Å². The Morgan fingerprint density at radius 3 is 2.33 bits per heavy atom. The van der Waals surface area contributed by atoms with E-state index in [1.807, 2.05) is 33.8 Å². The highest BCUT2D eigenvalue weighted by Gasteiger charge is 2.86. The van der Waals surface area contributed by atoms with Crippen molar-refractivity contribution >= 4 is 20.1 Å². The quantitative estimate of drug-likeness (QED) is 0.247. The maximum atomic E-state index is 13.4. The van der Waals surface area contributed by atoms with Crippen LogP contribution in [0, 0.1) is 35.0 Å². The highest BCUT2D eigenvalue weighted by molar-refractivity contribution is 6.74. The fraction of sp³-hybridized carbons (Fsp3) is 0.806. The van der Waals surface area contributed by atoms with Crippen molar-refractivity contribution in [1.29, 1.82) is 0 Å². The lowest BCUT2D eigenvalue weighted by atomic mass is 9.59. The van der Waals surface area contributed by atoms with Gasteiger partial charge >= 0.3 is 5.97 Å². The third-order valence-corrected chi connectivity index (χ3v) is 16.0. The SMILES string of the molecule is CC[C@H](C)C(=O)O[C@@]12[C@H](O)[C@@H](C)[C@@]3(O)C(C=C(CO[Si](C)(C)C(C)(C)C)C[C@]4(O)C(=O)C(C)=C[C@@H]34)[C@@H]1C2(C)C. The molecule has 0 aromatic heterocycles. The van der Waals surface area contributed by atoms with Crippen LogP contribution in [-0.2, 0) is 18.8 Å². The maximum absolute atomic E-state index is 13.4. The Labute approximate surface area is 235 Å². The molecule has 9 atom stereocenters. The number of esters is 1. The van der Waals surface area contributed by atoms with Crippen LogP contribution in [0.3, 0.4) is 0 Å². The first-order valence-electron chi connectivity index (χ1n) is 14.6. The van der Waals surface area contributed by atoms with Crippen LogP contribution < -0.4 is 0 Å². The molecule has 3 N–H and O–H groups in total. The molecule has 0 spiro atoms. The van der Waals surface area contributed by atoms with Gasteiger partial charge in [0.25, 0.3) is 0 Å². The van der Waals surface area contributed by atoms with Gasteiger partial charge in [-0.2, -0.15) is 0 Å². The second-order valence-electron chi connectivity index (χ2n) is 15.0. The van der Waals surface area contributed by atoms with Gasteiger partial charge in [0.1, 0.15) is 11.2 Å². The summed E-state index contributed by atoms with van der Waals surface area (Å²) in [7, 11) is -2.16. The minimum Gasteiger partial charge on any atom is -0.455 e. The highest BCUT2D eigenvalue weighted by Crippen LogP contribution is 2.76. The van der Waals surface area contributed by atoms with E-state index in [9.17, 15) is 24.9 Å². The number of hydrogen-bond donors (Lipinski definition) is 3. The third-order valence-electron chi connectivity index (χ3n) is 11.5. The number of aliphatic hydroxyl groups excluding tert-OH is 1. The Morgan fingerprint density at radius 2 is 1.79 bits per heavy atom. The second kappa shape index (κ2) is 9.09. The lowest BCUT2D eigenvalue weighted by molar-refractivity contribution is -0.221. The van der Waals surface area contributed by atoms with Gasteiger partial charge in [-0.1, -0.05) is 67.5 Å². The van der Waals surface area contributed by atoms with Gasteiger partial charge in [-0.05, 0) is 42.6 Å². The Morgan fingerprint density at radius 1 is 1.21 bits per heavy atom. The van der Waals surface area contributed by atoms with Gasteiger partial charge in [0.15, 0.2) is 14.1 Å². The molecule has 0 aliphatic heterocycles. The van der Waals surface area contributed by atoms with Gasteiger partial charge in [-0.3, -0.25) is 9.59 Å². The van der Waals surface area contributed by atoms with Crippen molar-refractivity contribution < 1.29 is 34.1 Å². The summed E-state index contributed by atoms with van der Waals surface area (Å²) in [6.45, 7) is 22.2. The molecule has 0 heterocycles. The zero-order valence-electron chi connectivity index (χ0n) is 25.7. The van der Waals surface area contributed by atoms with Crippen LogP contribution in [0.5, 0.6) is 0 Å². The molecule has 0 aromatic carbocycles. The van der Waals surface area contributed by atoms with E-state index in [1.165, 1.54) is 0 Å². The van der Waals surface area contributed by atoms with E-state index >= 15 is 0 Å².